The molecule has 0 aliphatic heterocycles. The Bertz CT molecular complexity index is 477. The van der Waals surface area contributed by atoms with Gasteiger partial charge in [0.05, 0.1) is 6.04 Å². The maximum absolute atomic E-state index is 12.1. The van der Waals surface area contributed by atoms with E-state index in [0.717, 1.165) is 5.56 Å². The Hall–Kier alpha value is -1.10. The van der Waals surface area contributed by atoms with Crippen molar-refractivity contribution in [3.05, 3.63) is 34.9 Å². The van der Waals surface area contributed by atoms with Gasteiger partial charge in [0.15, 0.2) is 0 Å². The summed E-state index contributed by atoms with van der Waals surface area (Å²) in [6.45, 7) is 6.97. The largest absolute Gasteiger partial charge is 0.368 e. The topological polar surface area (TPSA) is 41.6 Å². The van der Waals surface area contributed by atoms with Gasteiger partial charge >= 0.3 is 0 Å². The second-order valence-electron chi connectivity index (χ2n) is 6.12. The van der Waals surface area contributed by atoms with Crippen molar-refractivity contribution in [1.29, 1.82) is 0 Å². The van der Waals surface area contributed by atoms with Crippen LogP contribution in [0.25, 0.3) is 0 Å². The van der Waals surface area contributed by atoms with E-state index in [2.05, 4.69) is 19.2 Å². The van der Waals surface area contributed by atoms with Crippen molar-refractivity contribution < 1.29 is 9.53 Å². The van der Waals surface area contributed by atoms with Gasteiger partial charge in [0.1, 0.15) is 6.10 Å². The van der Waals surface area contributed by atoms with Crippen LogP contribution in [0.2, 0.25) is 5.02 Å². The Balaban J connectivity index is 2.62. The molecule has 1 amide bonds. The normalized spacial score (nSPS) is 14.2. The van der Waals surface area contributed by atoms with Crippen molar-refractivity contribution in [1.82, 2.24) is 10.2 Å². The zero-order chi connectivity index (χ0) is 16.7. The van der Waals surface area contributed by atoms with E-state index in [-0.39, 0.29) is 11.9 Å². The summed E-state index contributed by atoms with van der Waals surface area (Å²) in [5.74, 6) is 0.312. The maximum atomic E-state index is 12.1. The number of benzene rings is 1. The number of hydrogen-bond acceptors (Lipinski definition) is 3. The van der Waals surface area contributed by atoms with Crippen LogP contribution in [0.15, 0.2) is 24.3 Å². The number of ether oxygens (including phenoxy) is 1. The lowest BCUT2D eigenvalue weighted by Crippen LogP contribution is -2.40. The highest BCUT2D eigenvalue weighted by Crippen LogP contribution is 2.25. The van der Waals surface area contributed by atoms with E-state index in [0.29, 0.717) is 24.1 Å². The fourth-order valence-electron chi connectivity index (χ4n) is 2.07. The molecule has 22 heavy (non-hydrogen) atoms. The van der Waals surface area contributed by atoms with Gasteiger partial charge in [-0.15, -0.1) is 0 Å². The molecule has 4 nitrogen and oxygen atoms in total. The molecule has 0 heterocycles. The van der Waals surface area contributed by atoms with Crippen molar-refractivity contribution in [2.75, 3.05) is 27.2 Å². The molecule has 0 fully saturated rings. The molecule has 0 aromatic heterocycles. The van der Waals surface area contributed by atoms with Gasteiger partial charge in [-0.3, -0.25) is 4.79 Å². The van der Waals surface area contributed by atoms with E-state index < -0.39 is 6.10 Å². The molecule has 0 unspecified atom stereocenters. The smallest absolute Gasteiger partial charge is 0.248 e. The molecule has 1 aromatic rings. The highest BCUT2D eigenvalue weighted by Gasteiger charge is 2.20. The van der Waals surface area contributed by atoms with Crippen LogP contribution in [0.3, 0.4) is 0 Å². The van der Waals surface area contributed by atoms with Crippen LogP contribution in [0, 0.1) is 5.92 Å². The van der Waals surface area contributed by atoms with Crippen molar-refractivity contribution in [2.24, 2.45) is 5.92 Å². The number of rotatable bonds is 8. The monoisotopic (exact) mass is 326 g/mol. The summed E-state index contributed by atoms with van der Waals surface area (Å²) in [6.07, 6.45) is -0.448. The van der Waals surface area contributed by atoms with Crippen molar-refractivity contribution in [2.45, 2.75) is 32.9 Å². The number of carbonyl (C=O) groups excluding carboxylic acids is 1. The van der Waals surface area contributed by atoms with Crippen LogP contribution < -0.4 is 5.32 Å². The van der Waals surface area contributed by atoms with Crippen molar-refractivity contribution in [3.8, 4) is 0 Å². The zero-order valence-electron chi connectivity index (χ0n) is 14.1. The molecule has 0 radical (unpaired) electrons. The number of amides is 1. The summed E-state index contributed by atoms with van der Waals surface area (Å²) in [5.41, 5.74) is 1.00. The maximum Gasteiger partial charge on any atom is 0.248 e. The molecule has 1 rings (SSSR count). The molecular formula is C17H27ClN2O2. The number of carbonyl (C=O) groups is 1. The molecule has 1 aromatic carbocycles. The van der Waals surface area contributed by atoms with Crippen LogP contribution in [-0.4, -0.2) is 44.2 Å². The molecule has 0 aliphatic carbocycles. The van der Waals surface area contributed by atoms with Gasteiger partial charge in [0, 0.05) is 18.2 Å². The van der Waals surface area contributed by atoms with Crippen LogP contribution in [0.5, 0.6) is 0 Å². The minimum atomic E-state index is -0.448. The Morgan fingerprint density at radius 2 is 1.91 bits per heavy atom. The molecule has 0 aliphatic rings. The Kier molecular flexibility index (Phi) is 7.87. The predicted molar refractivity (Wildman–Crippen MR) is 91.1 cm³/mol. The third kappa shape index (κ3) is 5.95. The van der Waals surface area contributed by atoms with Gasteiger partial charge in [-0.25, -0.2) is 0 Å². The minimum Gasteiger partial charge on any atom is -0.368 e. The number of likely N-dealkylation sites (N-methyl/N-ethyl adjacent to an activating group) is 1. The molecule has 0 bridgehead atoms. The van der Waals surface area contributed by atoms with Crippen LogP contribution >= 0.6 is 11.6 Å². The van der Waals surface area contributed by atoms with Crippen LogP contribution in [0.1, 0.15) is 32.4 Å². The van der Waals surface area contributed by atoms with E-state index in [9.17, 15) is 4.79 Å². The lowest BCUT2D eigenvalue weighted by molar-refractivity contribution is -0.132. The minimum absolute atomic E-state index is 0.0231. The number of nitrogens with one attached hydrogen (secondary N) is 1. The summed E-state index contributed by atoms with van der Waals surface area (Å²) in [4.78, 5) is 14.2. The van der Waals surface area contributed by atoms with E-state index in [1.165, 1.54) is 0 Å². The van der Waals surface area contributed by atoms with E-state index >= 15 is 0 Å². The number of nitrogens with zero attached hydrogens (tertiary/aromatic N) is 1. The summed E-state index contributed by atoms with van der Waals surface area (Å²) in [5, 5.41) is 3.66. The van der Waals surface area contributed by atoms with E-state index in [1.54, 1.807) is 6.92 Å². The number of halogens is 1. The standard InChI is InChI=1S/C17H27ClN2O2/c1-12(2)11-22-13(3)17(21)19-10-16(20(4)5)14-8-6-7-9-15(14)18/h6-9,12-13,16H,10-11H2,1-5H3,(H,19,21)/t13-,16-/m0/s1. The SMILES string of the molecule is CC(C)CO[C@@H](C)C(=O)NC[C@@H](c1ccccc1Cl)N(C)C. The summed E-state index contributed by atoms with van der Waals surface area (Å²) in [6, 6.07) is 7.73. The van der Waals surface area contributed by atoms with Crippen LogP contribution in [0.4, 0.5) is 0 Å². The molecule has 0 saturated carbocycles. The Morgan fingerprint density at radius 1 is 1.27 bits per heavy atom. The molecule has 2 atom stereocenters. The summed E-state index contributed by atoms with van der Waals surface area (Å²) < 4.78 is 5.54. The first kappa shape index (κ1) is 18.9. The van der Waals surface area contributed by atoms with Gasteiger partial charge < -0.3 is 15.0 Å². The van der Waals surface area contributed by atoms with Gasteiger partial charge in [-0.2, -0.15) is 0 Å². The van der Waals surface area contributed by atoms with Gasteiger partial charge in [-0.1, -0.05) is 43.6 Å². The molecule has 1 N–H and O–H groups in total. The van der Waals surface area contributed by atoms with Crippen LogP contribution in [-0.2, 0) is 9.53 Å². The second-order valence-corrected chi connectivity index (χ2v) is 6.52. The molecule has 5 heteroatoms. The lowest BCUT2D eigenvalue weighted by Gasteiger charge is -2.26. The fourth-order valence-corrected chi connectivity index (χ4v) is 2.33. The first-order chi connectivity index (χ1) is 10.3. The Morgan fingerprint density at radius 3 is 2.45 bits per heavy atom. The van der Waals surface area contributed by atoms with Crippen molar-refractivity contribution in [3.63, 3.8) is 0 Å². The van der Waals surface area contributed by atoms with Gasteiger partial charge in [0.25, 0.3) is 0 Å². The molecule has 0 spiro atoms. The Labute approximate surface area is 138 Å². The summed E-state index contributed by atoms with van der Waals surface area (Å²) in [7, 11) is 3.94. The van der Waals surface area contributed by atoms with Crippen molar-refractivity contribution >= 4 is 17.5 Å². The summed E-state index contributed by atoms with van der Waals surface area (Å²) >= 11 is 6.26. The number of hydrogen-bond donors (Lipinski definition) is 1. The fraction of sp³-hybridized carbons (Fsp3) is 0.588. The quantitative estimate of drug-likeness (QED) is 0.798. The van der Waals surface area contributed by atoms with E-state index in [1.807, 2.05) is 43.3 Å². The highest BCUT2D eigenvalue weighted by molar-refractivity contribution is 6.31. The lowest BCUT2D eigenvalue weighted by atomic mass is 10.1. The molecular weight excluding hydrogens is 300 g/mol. The van der Waals surface area contributed by atoms with Gasteiger partial charge in [0.2, 0.25) is 5.91 Å². The average Bonchev–Trinajstić information content (AvgIpc) is 2.46. The third-order valence-electron chi connectivity index (χ3n) is 3.41. The first-order valence-electron chi connectivity index (χ1n) is 7.63. The third-order valence-corrected chi connectivity index (χ3v) is 3.75. The molecule has 124 valence electrons. The second kappa shape index (κ2) is 9.13. The average molecular weight is 327 g/mol. The van der Waals surface area contributed by atoms with E-state index in [4.69, 9.17) is 16.3 Å². The first-order valence-corrected chi connectivity index (χ1v) is 8.00. The van der Waals surface area contributed by atoms with Gasteiger partial charge in [-0.05, 0) is 38.6 Å². The zero-order valence-corrected chi connectivity index (χ0v) is 14.9. The molecule has 0 saturated heterocycles. The predicted octanol–water partition coefficient (Wildman–Crippen LogP) is 3.12. The highest BCUT2D eigenvalue weighted by atomic mass is 35.5.